The van der Waals surface area contributed by atoms with Crippen LogP contribution in [0.5, 0.6) is 0 Å². The monoisotopic (exact) mass is 299 g/mol. The molecule has 0 saturated heterocycles. The molecule has 2 aromatic rings. The van der Waals surface area contributed by atoms with Gasteiger partial charge in [0, 0.05) is 16.0 Å². The van der Waals surface area contributed by atoms with E-state index in [1.54, 1.807) is 6.20 Å². The molecule has 0 saturated carbocycles. The van der Waals surface area contributed by atoms with Crippen molar-refractivity contribution in [3.63, 3.8) is 0 Å². The van der Waals surface area contributed by atoms with Crippen molar-refractivity contribution < 1.29 is 0 Å². The Morgan fingerprint density at radius 3 is 2.57 bits per heavy atom. The van der Waals surface area contributed by atoms with E-state index in [-0.39, 0.29) is 0 Å². The number of hydrogen-bond donors (Lipinski definition) is 1. The molecular formula is C10H10IN3. The van der Waals surface area contributed by atoms with Gasteiger partial charge in [0.05, 0.1) is 6.54 Å². The summed E-state index contributed by atoms with van der Waals surface area (Å²) in [5, 5.41) is 0. The lowest BCUT2D eigenvalue weighted by Gasteiger charge is -2.04. The predicted molar refractivity (Wildman–Crippen MR) is 64.9 cm³/mol. The van der Waals surface area contributed by atoms with Gasteiger partial charge in [-0.25, -0.2) is 4.98 Å². The maximum absolute atomic E-state index is 5.67. The van der Waals surface area contributed by atoms with Gasteiger partial charge in [-0.1, -0.05) is 12.1 Å². The number of nitrogen functional groups attached to an aromatic ring is 1. The largest absolute Gasteiger partial charge is 0.369 e. The molecule has 0 aliphatic carbocycles. The molecule has 3 nitrogen and oxygen atoms in total. The van der Waals surface area contributed by atoms with E-state index in [4.69, 9.17) is 5.73 Å². The van der Waals surface area contributed by atoms with E-state index in [9.17, 15) is 0 Å². The molecule has 2 N–H and O–H groups in total. The Hall–Kier alpha value is -1.04. The molecule has 72 valence electrons. The van der Waals surface area contributed by atoms with Gasteiger partial charge in [0.15, 0.2) is 5.95 Å². The standard InChI is InChI=1S/C10H10IN3/c11-9-3-1-8(2-4-9)7-14-6-5-13-10(14)12/h1-6H,7H2,(H2,12,13). The summed E-state index contributed by atoms with van der Waals surface area (Å²) in [6.07, 6.45) is 3.59. The fourth-order valence-electron chi connectivity index (χ4n) is 1.26. The van der Waals surface area contributed by atoms with Gasteiger partial charge in [-0.3, -0.25) is 0 Å². The topological polar surface area (TPSA) is 43.8 Å². The zero-order chi connectivity index (χ0) is 9.97. The fraction of sp³-hybridized carbons (Fsp3) is 0.100. The van der Waals surface area contributed by atoms with Gasteiger partial charge in [-0.2, -0.15) is 0 Å². The Labute approximate surface area is 96.1 Å². The number of imidazole rings is 1. The van der Waals surface area contributed by atoms with Gasteiger partial charge < -0.3 is 10.3 Å². The Kier molecular flexibility index (Phi) is 2.72. The highest BCUT2D eigenvalue weighted by atomic mass is 127. The lowest BCUT2D eigenvalue weighted by Crippen LogP contribution is -2.03. The van der Waals surface area contributed by atoms with Gasteiger partial charge in [-0.05, 0) is 40.3 Å². The number of anilines is 1. The second-order valence-corrected chi connectivity index (χ2v) is 4.29. The maximum atomic E-state index is 5.67. The van der Waals surface area contributed by atoms with Gasteiger partial charge in [0.2, 0.25) is 0 Å². The van der Waals surface area contributed by atoms with E-state index in [1.165, 1.54) is 9.13 Å². The van der Waals surface area contributed by atoms with E-state index in [2.05, 4.69) is 51.8 Å². The number of nitrogens with zero attached hydrogens (tertiary/aromatic N) is 2. The van der Waals surface area contributed by atoms with Gasteiger partial charge >= 0.3 is 0 Å². The highest BCUT2D eigenvalue weighted by molar-refractivity contribution is 14.1. The average molecular weight is 299 g/mol. The lowest BCUT2D eigenvalue weighted by molar-refractivity contribution is 0.811. The molecule has 1 aromatic heterocycles. The summed E-state index contributed by atoms with van der Waals surface area (Å²) >= 11 is 2.29. The zero-order valence-electron chi connectivity index (χ0n) is 7.52. The van der Waals surface area contributed by atoms with E-state index in [0.717, 1.165) is 6.54 Å². The van der Waals surface area contributed by atoms with Crippen LogP contribution in [0.2, 0.25) is 0 Å². The maximum Gasteiger partial charge on any atom is 0.200 e. The van der Waals surface area contributed by atoms with Crippen molar-refractivity contribution in [2.75, 3.05) is 5.73 Å². The Balaban J connectivity index is 2.19. The number of benzene rings is 1. The summed E-state index contributed by atoms with van der Waals surface area (Å²) in [6, 6.07) is 8.37. The van der Waals surface area contributed by atoms with Crippen molar-refractivity contribution in [2.45, 2.75) is 6.54 Å². The second kappa shape index (κ2) is 4.00. The summed E-state index contributed by atoms with van der Waals surface area (Å²) in [4.78, 5) is 3.97. The molecule has 0 radical (unpaired) electrons. The van der Waals surface area contributed by atoms with E-state index in [0.29, 0.717) is 5.95 Å². The normalized spacial score (nSPS) is 10.4. The van der Waals surface area contributed by atoms with Crippen LogP contribution in [0.25, 0.3) is 0 Å². The molecule has 4 heteroatoms. The van der Waals surface area contributed by atoms with Crippen LogP contribution in [0, 0.1) is 3.57 Å². The first kappa shape index (κ1) is 9.51. The Morgan fingerprint density at radius 1 is 1.29 bits per heavy atom. The number of aromatic nitrogens is 2. The molecule has 0 aliphatic rings. The first-order valence-electron chi connectivity index (χ1n) is 4.27. The molecule has 0 unspecified atom stereocenters. The Bertz CT molecular complexity index is 419. The quantitative estimate of drug-likeness (QED) is 0.863. The summed E-state index contributed by atoms with van der Waals surface area (Å²) in [5.74, 6) is 0.559. The summed E-state index contributed by atoms with van der Waals surface area (Å²) in [6.45, 7) is 0.781. The van der Waals surface area contributed by atoms with Crippen LogP contribution in [0.3, 0.4) is 0 Å². The van der Waals surface area contributed by atoms with E-state index in [1.807, 2.05) is 10.8 Å². The van der Waals surface area contributed by atoms with Gasteiger partial charge in [0.1, 0.15) is 0 Å². The predicted octanol–water partition coefficient (Wildman–Crippen LogP) is 2.12. The van der Waals surface area contributed by atoms with Crippen molar-refractivity contribution in [1.29, 1.82) is 0 Å². The molecule has 14 heavy (non-hydrogen) atoms. The van der Waals surface area contributed by atoms with Crippen LogP contribution in [-0.4, -0.2) is 9.55 Å². The van der Waals surface area contributed by atoms with Crippen molar-refractivity contribution in [3.8, 4) is 0 Å². The molecule has 1 aromatic carbocycles. The number of rotatable bonds is 2. The third-order valence-electron chi connectivity index (χ3n) is 2.01. The second-order valence-electron chi connectivity index (χ2n) is 3.04. The smallest absolute Gasteiger partial charge is 0.200 e. The van der Waals surface area contributed by atoms with E-state index >= 15 is 0 Å². The van der Waals surface area contributed by atoms with E-state index < -0.39 is 0 Å². The minimum atomic E-state index is 0.559. The van der Waals surface area contributed by atoms with Crippen molar-refractivity contribution in [2.24, 2.45) is 0 Å². The molecule has 0 spiro atoms. The van der Waals surface area contributed by atoms with Crippen LogP contribution in [0.15, 0.2) is 36.7 Å². The number of hydrogen-bond acceptors (Lipinski definition) is 2. The molecular weight excluding hydrogens is 289 g/mol. The first-order valence-corrected chi connectivity index (χ1v) is 5.34. The van der Waals surface area contributed by atoms with Crippen molar-refractivity contribution in [3.05, 3.63) is 45.8 Å². The highest BCUT2D eigenvalue weighted by Gasteiger charge is 1.98. The van der Waals surface area contributed by atoms with Crippen LogP contribution in [0.4, 0.5) is 5.95 Å². The molecule has 0 bridgehead atoms. The molecule has 1 heterocycles. The third kappa shape index (κ3) is 2.06. The number of halogens is 1. The molecule has 0 amide bonds. The first-order chi connectivity index (χ1) is 6.75. The van der Waals surface area contributed by atoms with Gasteiger partial charge in [-0.15, -0.1) is 0 Å². The molecule has 0 atom stereocenters. The summed E-state index contributed by atoms with van der Waals surface area (Å²) in [5.41, 5.74) is 6.90. The average Bonchev–Trinajstić information content (AvgIpc) is 2.56. The van der Waals surface area contributed by atoms with Crippen LogP contribution >= 0.6 is 22.6 Å². The number of nitrogens with two attached hydrogens (primary N) is 1. The fourth-order valence-corrected chi connectivity index (χ4v) is 1.62. The minimum Gasteiger partial charge on any atom is -0.369 e. The third-order valence-corrected chi connectivity index (χ3v) is 2.73. The zero-order valence-corrected chi connectivity index (χ0v) is 9.68. The van der Waals surface area contributed by atoms with Crippen LogP contribution in [-0.2, 0) is 6.54 Å². The molecule has 2 rings (SSSR count). The van der Waals surface area contributed by atoms with Crippen LogP contribution in [0.1, 0.15) is 5.56 Å². The van der Waals surface area contributed by atoms with Crippen molar-refractivity contribution in [1.82, 2.24) is 9.55 Å². The summed E-state index contributed by atoms with van der Waals surface area (Å²) in [7, 11) is 0. The van der Waals surface area contributed by atoms with Gasteiger partial charge in [0.25, 0.3) is 0 Å². The minimum absolute atomic E-state index is 0.559. The molecule has 0 aliphatic heterocycles. The molecule has 0 fully saturated rings. The highest BCUT2D eigenvalue weighted by Crippen LogP contribution is 2.09. The van der Waals surface area contributed by atoms with Crippen molar-refractivity contribution >= 4 is 28.5 Å². The SMILES string of the molecule is Nc1nccn1Cc1ccc(I)cc1. The lowest BCUT2D eigenvalue weighted by atomic mass is 10.2. The van der Waals surface area contributed by atoms with Crippen LogP contribution < -0.4 is 5.73 Å². The Morgan fingerprint density at radius 2 is 2.00 bits per heavy atom. The summed E-state index contributed by atoms with van der Waals surface area (Å²) < 4.78 is 3.16.